The van der Waals surface area contributed by atoms with Crippen LogP contribution >= 0.6 is 0 Å². The number of likely N-dealkylation sites (tertiary alicyclic amines) is 1. The summed E-state index contributed by atoms with van der Waals surface area (Å²) in [6.45, 7) is 1.79. The van der Waals surface area contributed by atoms with Gasteiger partial charge in [-0.25, -0.2) is 22.2 Å². The number of halogens is 1. The molecule has 2 aromatic heterocycles. The summed E-state index contributed by atoms with van der Waals surface area (Å²) in [5.74, 6) is -2.30. The molecule has 3 aromatic rings. The SMILES string of the molecule is Cc1cc(NC(=O)c2c3c(cn2C)S(=O)(=O)N[C@@H]2CN(C(=O)c4nonc4N)C[C@@H]2CO3)ccc1F. The maximum absolute atomic E-state index is 13.6. The average Bonchev–Trinajstić information content (AvgIpc) is 3.50. The van der Waals surface area contributed by atoms with E-state index in [0.29, 0.717) is 11.3 Å². The topological polar surface area (TPSA) is 175 Å². The number of anilines is 2. The Morgan fingerprint density at radius 3 is 2.75 bits per heavy atom. The number of nitrogens with zero attached hydrogens (tertiary/aromatic N) is 4. The standard InChI is InChI=1S/C21H22FN7O6S/c1-10-5-12(3-4-13(10)22)24-20(30)17-18-15(8-28(17)2)36(32,33)27-14-7-29(6-11(14)9-34-18)21(31)16-19(23)26-35-25-16/h3-5,8,11,14,27H,6-7,9H2,1-2H3,(H2,23,26)(H,24,30)/t11-,14-/m1/s1. The van der Waals surface area contributed by atoms with Gasteiger partial charge in [0, 0.05) is 44.0 Å². The number of aromatic nitrogens is 3. The molecular weight excluding hydrogens is 497 g/mol. The minimum Gasteiger partial charge on any atom is -0.489 e. The summed E-state index contributed by atoms with van der Waals surface area (Å²) in [5.41, 5.74) is 6.11. The van der Waals surface area contributed by atoms with Crippen molar-refractivity contribution in [2.24, 2.45) is 13.0 Å². The Morgan fingerprint density at radius 1 is 1.28 bits per heavy atom. The lowest BCUT2D eigenvalue weighted by Crippen LogP contribution is -2.43. The van der Waals surface area contributed by atoms with Gasteiger partial charge in [0.15, 0.2) is 11.4 Å². The fourth-order valence-corrected chi connectivity index (χ4v) is 5.86. The molecule has 2 amide bonds. The molecule has 2 aliphatic heterocycles. The van der Waals surface area contributed by atoms with E-state index < -0.39 is 39.6 Å². The van der Waals surface area contributed by atoms with Gasteiger partial charge in [-0.1, -0.05) is 0 Å². The van der Waals surface area contributed by atoms with Gasteiger partial charge in [0.1, 0.15) is 10.7 Å². The van der Waals surface area contributed by atoms with Gasteiger partial charge in [-0.15, -0.1) is 0 Å². The van der Waals surface area contributed by atoms with Crippen molar-refractivity contribution in [2.45, 2.75) is 17.9 Å². The molecule has 0 aliphatic carbocycles. The Kier molecular flexibility index (Phi) is 5.67. The van der Waals surface area contributed by atoms with E-state index in [0.717, 1.165) is 0 Å². The molecule has 2 atom stereocenters. The lowest BCUT2D eigenvalue weighted by atomic mass is 10.1. The average molecular weight is 520 g/mol. The van der Waals surface area contributed by atoms with Crippen LogP contribution in [0.1, 0.15) is 26.5 Å². The molecule has 0 bridgehead atoms. The first kappa shape index (κ1) is 23.7. The first-order valence-corrected chi connectivity index (χ1v) is 12.3. The quantitative estimate of drug-likeness (QED) is 0.445. The van der Waals surface area contributed by atoms with E-state index in [1.807, 2.05) is 0 Å². The normalized spacial score (nSPS) is 20.6. The van der Waals surface area contributed by atoms with Gasteiger partial charge in [-0.3, -0.25) is 9.59 Å². The molecule has 0 saturated carbocycles. The predicted molar refractivity (Wildman–Crippen MR) is 122 cm³/mol. The molecule has 0 unspecified atom stereocenters. The van der Waals surface area contributed by atoms with Crippen molar-refractivity contribution in [1.29, 1.82) is 0 Å². The van der Waals surface area contributed by atoms with Crippen molar-refractivity contribution < 1.29 is 31.8 Å². The van der Waals surface area contributed by atoms with Crippen LogP contribution < -0.4 is 20.5 Å². The van der Waals surface area contributed by atoms with Crippen molar-refractivity contribution >= 4 is 33.3 Å². The largest absolute Gasteiger partial charge is 0.489 e. The number of nitrogens with one attached hydrogen (secondary N) is 2. The second-order valence-electron chi connectivity index (χ2n) is 8.71. The Hall–Kier alpha value is -3.98. The molecule has 5 rings (SSSR count). The van der Waals surface area contributed by atoms with Crippen LogP contribution in [0, 0.1) is 18.7 Å². The highest BCUT2D eigenvalue weighted by Crippen LogP contribution is 2.35. The van der Waals surface area contributed by atoms with E-state index in [-0.39, 0.29) is 47.5 Å². The number of rotatable bonds is 3. The fourth-order valence-electron chi connectivity index (χ4n) is 4.37. The number of carbonyl (C=O) groups is 2. The molecule has 15 heteroatoms. The van der Waals surface area contributed by atoms with Crippen LogP contribution in [0.3, 0.4) is 0 Å². The summed E-state index contributed by atoms with van der Waals surface area (Å²) in [6.07, 6.45) is 1.28. The lowest BCUT2D eigenvalue weighted by molar-refractivity contribution is 0.0771. The summed E-state index contributed by atoms with van der Waals surface area (Å²) in [5, 5.41) is 9.56. The molecule has 36 heavy (non-hydrogen) atoms. The van der Waals surface area contributed by atoms with Gasteiger partial charge >= 0.3 is 0 Å². The highest BCUT2D eigenvalue weighted by Gasteiger charge is 2.43. The summed E-state index contributed by atoms with van der Waals surface area (Å²) in [6, 6.07) is 3.44. The molecule has 13 nitrogen and oxygen atoms in total. The first-order chi connectivity index (χ1) is 17.0. The number of nitrogens with two attached hydrogens (primary N) is 1. The molecule has 0 spiro atoms. The van der Waals surface area contributed by atoms with Gasteiger partial charge in [-0.2, -0.15) is 0 Å². The first-order valence-electron chi connectivity index (χ1n) is 10.8. The van der Waals surface area contributed by atoms with E-state index in [1.54, 1.807) is 6.92 Å². The van der Waals surface area contributed by atoms with Crippen LogP contribution in [0.4, 0.5) is 15.9 Å². The van der Waals surface area contributed by atoms with Gasteiger partial charge in [-0.05, 0) is 41.0 Å². The Morgan fingerprint density at radius 2 is 2.06 bits per heavy atom. The summed E-state index contributed by atoms with van der Waals surface area (Å²) < 4.78 is 54.4. The molecule has 1 fully saturated rings. The Bertz CT molecular complexity index is 1480. The Balaban J connectivity index is 1.41. The number of fused-ring (bicyclic) bond motifs is 2. The smallest absolute Gasteiger partial charge is 0.280 e. The zero-order valence-corrected chi connectivity index (χ0v) is 20.0. The molecule has 1 aromatic carbocycles. The number of sulfonamides is 1. The molecular formula is C21H22FN7O6S. The van der Waals surface area contributed by atoms with Crippen molar-refractivity contribution in [1.82, 2.24) is 24.5 Å². The maximum Gasteiger partial charge on any atom is 0.280 e. The third-order valence-corrected chi connectivity index (χ3v) is 7.70. The number of hydrogen-bond donors (Lipinski definition) is 3. The van der Waals surface area contributed by atoms with Crippen LogP contribution in [0.15, 0.2) is 33.9 Å². The molecule has 1 saturated heterocycles. The summed E-state index contributed by atoms with van der Waals surface area (Å²) >= 11 is 0. The van der Waals surface area contributed by atoms with E-state index in [1.165, 1.54) is 40.9 Å². The lowest BCUT2D eigenvalue weighted by Gasteiger charge is -2.23. The number of benzene rings is 1. The highest BCUT2D eigenvalue weighted by molar-refractivity contribution is 7.89. The van der Waals surface area contributed by atoms with Crippen molar-refractivity contribution in [3.8, 4) is 5.75 Å². The highest BCUT2D eigenvalue weighted by atomic mass is 32.2. The molecule has 4 N–H and O–H groups in total. The maximum atomic E-state index is 13.6. The molecule has 2 aliphatic rings. The molecule has 0 radical (unpaired) electrons. The van der Waals surface area contributed by atoms with Crippen LogP contribution in [-0.2, 0) is 17.1 Å². The van der Waals surface area contributed by atoms with Gasteiger partial charge in [0.2, 0.25) is 21.5 Å². The number of nitrogen functional groups attached to an aromatic ring is 1. The summed E-state index contributed by atoms with van der Waals surface area (Å²) in [4.78, 5) is 27.0. The second kappa shape index (κ2) is 8.60. The van der Waals surface area contributed by atoms with Crippen molar-refractivity contribution in [2.75, 3.05) is 30.7 Å². The predicted octanol–water partition coefficient (Wildman–Crippen LogP) is 0.502. The van der Waals surface area contributed by atoms with Gasteiger partial charge < -0.3 is 25.3 Å². The second-order valence-corrected chi connectivity index (χ2v) is 10.4. The zero-order chi connectivity index (χ0) is 25.8. The van der Waals surface area contributed by atoms with E-state index in [2.05, 4.69) is 25.0 Å². The number of ether oxygens (including phenoxy) is 1. The minimum absolute atomic E-state index is 0.0243. The van der Waals surface area contributed by atoms with Crippen LogP contribution in [0.5, 0.6) is 5.75 Å². The third-order valence-electron chi connectivity index (χ3n) is 6.22. The zero-order valence-electron chi connectivity index (χ0n) is 19.2. The molecule has 190 valence electrons. The van der Waals surface area contributed by atoms with Crippen molar-refractivity contribution in [3.63, 3.8) is 0 Å². The van der Waals surface area contributed by atoms with Crippen molar-refractivity contribution in [3.05, 3.63) is 47.2 Å². The number of carbonyl (C=O) groups excluding carboxylic acids is 2. The number of amides is 2. The summed E-state index contributed by atoms with van der Waals surface area (Å²) in [7, 11) is -2.60. The van der Waals surface area contributed by atoms with Crippen LogP contribution in [-0.4, -0.2) is 65.8 Å². The van der Waals surface area contributed by atoms with E-state index in [4.69, 9.17) is 10.5 Å². The number of aryl methyl sites for hydroxylation is 2. The Labute approximate surface area is 204 Å². The van der Waals surface area contributed by atoms with E-state index in [9.17, 15) is 22.4 Å². The fraction of sp³-hybridized carbons (Fsp3) is 0.333. The molecule has 4 heterocycles. The third kappa shape index (κ3) is 4.05. The minimum atomic E-state index is -4.12. The number of hydrogen-bond acceptors (Lipinski definition) is 9. The monoisotopic (exact) mass is 519 g/mol. The van der Waals surface area contributed by atoms with Gasteiger partial charge in [0.05, 0.1) is 6.61 Å². The van der Waals surface area contributed by atoms with Gasteiger partial charge in [0.25, 0.3) is 11.8 Å². The van der Waals surface area contributed by atoms with Crippen LogP contribution in [0.2, 0.25) is 0 Å². The van der Waals surface area contributed by atoms with E-state index >= 15 is 0 Å². The van der Waals surface area contributed by atoms with Crippen LogP contribution in [0.25, 0.3) is 0 Å².